The van der Waals surface area contributed by atoms with Crippen molar-refractivity contribution < 1.29 is 4.79 Å². The molecule has 0 atom stereocenters. The number of thioether (sulfide) groups is 1. The number of fused-ring (bicyclic) bond motifs is 1. The lowest BCUT2D eigenvalue weighted by molar-refractivity contribution is 0.0997. The minimum atomic E-state index is -0.388. The second kappa shape index (κ2) is 3.22. The highest BCUT2D eigenvalue weighted by Crippen LogP contribution is 2.34. The third-order valence-corrected chi connectivity index (χ3v) is 2.83. The molecule has 0 spiro atoms. The molecule has 0 bridgehead atoms. The fraction of sp³-hybridized carbons (Fsp3) is 0.111. The fourth-order valence-electron chi connectivity index (χ4n) is 1.23. The average Bonchev–Trinajstić information content (AvgIpc) is 2.17. The summed E-state index contributed by atoms with van der Waals surface area (Å²) in [6.45, 7) is 0. The average molecular weight is 192 g/mol. The van der Waals surface area contributed by atoms with Crippen LogP contribution in [0.2, 0.25) is 0 Å². The number of carbonyl (C=O) groups is 1. The molecular weight excluding hydrogens is 184 g/mol. The van der Waals surface area contributed by atoms with Crippen molar-refractivity contribution in [2.45, 2.75) is 4.90 Å². The van der Waals surface area contributed by atoms with Gasteiger partial charge in [0, 0.05) is 16.9 Å². The Labute approximate surface area is 80.0 Å². The molecule has 1 aromatic carbocycles. The van der Waals surface area contributed by atoms with Gasteiger partial charge >= 0.3 is 0 Å². The van der Waals surface area contributed by atoms with Gasteiger partial charge in [-0.25, -0.2) is 0 Å². The molecule has 0 saturated carbocycles. The SMILES string of the molecule is NC(=O)c1cccc2c1SCC=N2. The molecule has 2 N–H and O–H groups in total. The summed E-state index contributed by atoms with van der Waals surface area (Å²) in [6.07, 6.45) is 1.83. The number of hydrogen-bond acceptors (Lipinski definition) is 3. The normalized spacial score (nSPS) is 13.8. The molecule has 3 nitrogen and oxygen atoms in total. The summed E-state index contributed by atoms with van der Waals surface area (Å²) in [4.78, 5) is 16.1. The van der Waals surface area contributed by atoms with Gasteiger partial charge in [-0.15, -0.1) is 11.8 Å². The summed E-state index contributed by atoms with van der Waals surface area (Å²) >= 11 is 1.59. The number of aliphatic imine (C=N–C) groups is 1. The monoisotopic (exact) mass is 192 g/mol. The van der Waals surface area contributed by atoms with E-state index in [1.54, 1.807) is 23.9 Å². The van der Waals surface area contributed by atoms with Crippen LogP contribution in [-0.4, -0.2) is 17.9 Å². The number of hydrogen-bond donors (Lipinski definition) is 1. The largest absolute Gasteiger partial charge is 0.366 e. The highest BCUT2D eigenvalue weighted by molar-refractivity contribution is 8.00. The molecule has 0 unspecified atom stereocenters. The maximum atomic E-state index is 11.0. The van der Waals surface area contributed by atoms with Gasteiger partial charge in [0.25, 0.3) is 0 Å². The first kappa shape index (κ1) is 8.31. The molecule has 0 saturated heterocycles. The zero-order valence-corrected chi connectivity index (χ0v) is 7.67. The van der Waals surface area contributed by atoms with Crippen molar-refractivity contribution in [2.75, 3.05) is 5.75 Å². The van der Waals surface area contributed by atoms with E-state index in [4.69, 9.17) is 5.73 Å². The van der Waals surface area contributed by atoms with E-state index in [2.05, 4.69) is 4.99 Å². The standard InChI is InChI=1S/C9H8N2OS/c10-9(12)6-2-1-3-7-8(6)13-5-4-11-7/h1-4H,5H2,(H2,10,12). The van der Waals surface area contributed by atoms with Gasteiger partial charge in [0.2, 0.25) is 5.91 Å². The minimum Gasteiger partial charge on any atom is -0.366 e. The summed E-state index contributed by atoms with van der Waals surface area (Å²) in [5, 5.41) is 0. The van der Waals surface area contributed by atoms with E-state index >= 15 is 0 Å². The van der Waals surface area contributed by atoms with Gasteiger partial charge in [0.05, 0.1) is 11.3 Å². The van der Waals surface area contributed by atoms with Gasteiger partial charge in [-0.3, -0.25) is 9.79 Å². The molecule has 0 aromatic heterocycles. The van der Waals surface area contributed by atoms with Crippen LogP contribution in [0.5, 0.6) is 0 Å². The Morgan fingerprint density at radius 1 is 1.54 bits per heavy atom. The molecule has 13 heavy (non-hydrogen) atoms. The topological polar surface area (TPSA) is 55.5 Å². The summed E-state index contributed by atoms with van der Waals surface area (Å²) in [7, 11) is 0. The number of nitrogens with two attached hydrogens (primary N) is 1. The number of benzene rings is 1. The van der Waals surface area contributed by atoms with Crippen LogP contribution < -0.4 is 5.73 Å². The van der Waals surface area contributed by atoms with Crippen molar-refractivity contribution in [2.24, 2.45) is 10.7 Å². The summed E-state index contributed by atoms with van der Waals surface area (Å²) in [5.41, 5.74) is 6.64. The number of primary amides is 1. The van der Waals surface area contributed by atoms with Gasteiger partial charge in [-0.05, 0) is 12.1 Å². The fourth-order valence-corrected chi connectivity index (χ4v) is 2.14. The molecule has 4 heteroatoms. The lowest BCUT2D eigenvalue weighted by atomic mass is 10.2. The molecule has 0 aliphatic carbocycles. The van der Waals surface area contributed by atoms with Crippen molar-refractivity contribution in [1.82, 2.24) is 0 Å². The van der Waals surface area contributed by atoms with Gasteiger partial charge in [-0.1, -0.05) is 6.07 Å². The molecule has 1 aliphatic rings. The molecule has 2 rings (SSSR count). The summed E-state index contributed by atoms with van der Waals surface area (Å²) in [6, 6.07) is 5.40. The third kappa shape index (κ3) is 1.45. The van der Waals surface area contributed by atoms with Crippen LogP contribution in [0.4, 0.5) is 5.69 Å². The number of amides is 1. The predicted molar refractivity (Wildman–Crippen MR) is 53.8 cm³/mol. The van der Waals surface area contributed by atoms with E-state index in [9.17, 15) is 4.79 Å². The molecule has 1 heterocycles. The molecule has 0 fully saturated rings. The lowest BCUT2D eigenvalue weighted by Gasteiger charge is -2.11. The highest BCUT2D eigenvalue weighted by Gasteiger charge is 2.13. The van der Waals surface area contributed by atoms with Crippen LogP contribution in [0.25, 0.3) is 0 Å². The summed E-state index contributed by atoms with van der Waals surface area (Å²) < 4.78 is 0. The van der Waals surface area contributed by atoms with E-state index in [1.165, 1.54) is 0 Å². The molecule has 1 aliphatic heterocycles. The van der Waals surface area contributed by atoms with Crippen LogP contribution in [0, 0.1) is 0 Å². The van der Waals surface area contributed by atoms with E-state index in [-0.39, 0.29) is 5.91 Å². The van der Waals surface area contributed by atoms with Crippen LogP contribution in [0.1, 0.15) is 10.4 Å². The van der Waals surface area contributed by atoms with E-state index in [0.29, 0.717) is 5.56 Å². The predicted octanol–water partition coefficient (Wildman–Crippen LogP) is 1.59. The molecule has 0 radical (unpaired) electrons. The highest BCUT2D eigenvalue weighted by atomic mass is 32.2. The lowest BCUT2D eigenvalue weighted by Crippen LogP contribution is -2.12. The van der Waals surface area contributed by atoms with Gasteiger partial charge < -0.3 is 5.73 Å². The smallest absolute Gasteiger partial charge is 0.249 e. The van der Waals surface area contributed by atoms with Crippen LogP contribution in [0.15, 0.2) is 28.1 Å². The first-order chi connectivity index (χ1) is 6.29. The number of carbonyl (C=O) groups excluding carboxylic acids is 1. The van der Waals surface area contributed by atoms with E-state index in [1.807, 2.05) is 12.3 Å². The molecule has 1 amide bonds. The molecular formula is C9H8N2OS. The maximum absolute atomic E-state index is 11.0. The maximum Gasteiger partial charge on any atom is 0.249 e. The Morgan fingerprint density at radius 3 is 3.15 bits per heavy atom. The van der Waals surface area contributed by atoms with Gasteiger partial charge in [-0.2, -0.15) is 0 Å². The second-order valence-electron chi connectivity index (χ2n) is 2.64. The Bertz CT molecular complexity index is 387. The summed E-state index contributed by atoms with van der Waals surface area (Å²) in [5.74, 6) is 0.415. The van der Waals surface area contributed by atoms with Crippen LogP contribution in [-0.2, 0) is 0 Å². The Hall–Kier alpha value is -1.29. The molecule has 66 valence electrons. The van der Waals surface area contributed by atoms with Crippen LogP contribution >= 0.6 is 11.8 Å². The minimum absolute atomic E-state index is 0.388. The third-order valence-electron chi connectivity index (χ3n) is 1.79. The van der Waals surface area contributed by atoms with Crippen molar-refractivity contribution in [3.05, 3.63) is 23.8 Å². The first-order valence-electron chi connectivity index (χ1n) is 3.87. The zero-order valence-electron chi connectivity index (χ0n) is 6.86. The van der Waals surface area contributed by atoms with Crippen molar-refractivity contribution in [3.63, 3.8) is 0 Å². The van der Waals surface area contributed by atoms with Crippen molar-refractivity contribution >= 4 is 29.6 Å². The van der Waals surface area contributed by atoms with Crippen molar-refractivity contribution in [1.29, 1.82) is 0 Å². The Balaban J connectivity index is 2.59. The number of nitrogens with zero attached hydrogens (tertiary/aromatic N) is 1. The van der Waals surface area contributed by atoms with Crippen LogP contribution in [0.3, 0.4) is 0 Å². The van der Waals surface area contributed by atoms with Crippen molar-refractivity contribution in [3.8, 4) is 0 Å². The van der Waals surface area contributed by atoms with Gasteiger partial charge in [0.1, 0.15) is 0 Å². The first-order valence-corrected chi connectivity index (χ1v) is 4.86. The molecule has 1 aromatic rings. The second-order valence-corrected chi connectivity index (χ2v) is 3.67. The van der Waals surface area contributed by atoms with E-state index < -0.39 is 0 Å². The Morgan fingerprint density at radius 2 is 2.38 bits per heavy atom. The Kier molecular flexibility index (Phi) is 2.06. The quantitative estimate of drug-likeness (QED) is 0.734. The number of rotatable bonds is 1. The van der Waals surface area contributed by atoms with Gasteiger partial charge in [0.15, 0.2) is 0 Å². The zero-order chi connectivity index (χ0) is 9.26. The van der Waals surface area contributed by atoms with E-state index in [0.717, 1.165) is 16.3 Å².